The fourth-order valence-corrected chi connectivity index (χ4v) is 1.95. The second kappa shape index (κ2) is 6.37. The summed E-state index contributed by atoms with van der Waals surface area (Å²) in [5.74, 6) is -1.72. The topological polar surface area (TPSA) is 58.2 Å². The zero-order valence-electron chi connectivity index (χ0n) is 11.1. The first-order valence-electron chi connectivity index (χ1n) is 6.10. The minimum absolute atomic E-state index is 0.147. The Hall–Kier alpha value is -2.40. The van der Waals surface area contributed by atoms with Crippen LogP contribution in [-0.2, 0) is 0 Å². The van der Waals surface area contributed by atoms with Crippen molar-refractivity contribution < 1.29 is 14.0 Å². The number of carbonyl (C=O) groups is 2. The molecule has 108 valence electrons. The maximum atomic E-state index is 13.7. The van der Waals surface area contributed by atoms with Gasteiger partial charge in [0.05, 0.1) is 16.8 Å². The van der Waals surface area contributed by atoms with Gasteiger partial charge in [0.1, 0.15) is 5.82 Å². The molecule has 2 rings (SSSR count). The molecule has 2 N–H and O–H groups in total. The van der Waals surface area contributed by atoms with Gasteiger partial charge in [-0.15, -0.1) is 0 Å². The lowest BCUT2D eigenvalue weighted by molar-refractivity contribution is 0.0964. The summed E-state index contributed by atoms with van der Waals surface area (Å²) in [6, 6.07) is 10.2. The Morgan fingerprint density at radius 1 is 1.05 bits per heavy atom. The van der Waals surface area contributed by atoms with Crippen LogP contribution in [0.4, 0.5) is 10.1 Å². The first kappa shape index (κ1) is 15.0. The second-order valence-electron chi connectivity index (χ2n) is 4.20. The van der Waals surface area contributed by atoms with Gasteiger partial charge in [0.2, 0.25) is 0 Å². The van der Waals surface area contributed by atoms with E-state index in [1.807, 2.05) is 0 Å². The number of amides is 2. The molecule has 4 nitrogen and oxygen atoms in total. The molecule has 0 saturated heterocycles. The van der Waals surface area contributed by atoms with Gasteiger partial charge in [-0.3, -0.25) is 9.59 Å². The number of halogens is 2. The molecular weight excluding hydrogens is 295 g/mol. The number of para-hydroxylation sites is 1. The Kier molecular flexibility index (Phi) is 4.55. The van der Waals surface area contributed by atoms with E-state index in [1.165, 1.54) is 19.2 Å². The van der Waals surface area contributed by atoms with Gasteiger partial charge in [0.15, 0.2) is 0 Å². The van der Waals surface area contributed by atoms with Crippen LogP contribution in [0.1, 0.15) is 20.7 Å². The average Bonchev–Trinajstić information content (AvgIpc) is 2.46. The molecule has 0 spiro atoms. The van der Waals surface area contributed by atoms with E-state index in [4.69, 9.17) is 11.6 Å². The van der Waals surface area contributed by atoms with E-state index in [-0.39, 0.29) is 16.5 Å². The minimum atomic E-state index is -0.725. The van der Waals surface area contributed by atoms with Crippen LogP contribution in [0.5, 0.6) is 0 Å². The van der Waals surface area contributed by atoms with E-state index in [2.05, 4.69) is 10.6 Å². The van der Waals surface area contributed by atoms with Gasteiger partial charge in [-0.05, 0) is 30.3 Å². The molecule has 2 amide bonds. The molecular formula is C15H12ClFN2O2. The third-order valence-electron chi connectivity index (χ3n) is 2.82. The van der Waals surface area contributed by atoms with E-state index in [0.717, 1.165) is 6.07 Å². The minimum Gasteiger partial charge on any atom is -0.355 e. The molecule has 0 atom stereocenters. The van der Waals surface area contributed by atoms with Crippen LogP contribution in [0.3, 0.4) is 0 Å². The van der Waals surface area contributed by atoms with Gasteiger partial charge in [-0.2, -0.15) is 0 Å². The van der Waals surface area contributed by atoms with Crippen LogP contribution < -0.4 is 10.6 Å². The lowest BCUT2D eigenvalue weighted by atomic mass is 10.1. The van der Waals surface area contributed by atoms with Crippen molar-refractivity contribution in [3.63, 3.8) is 0 Å². The zero-order valence-corrected chi connectivity index (χ0v) is 11.9. The summed E-state index contributed by atoms with van der Waals surface area (Å²) in [7, 11) is 1.49. The normalized spacial score (nSPS) is 10.0. The highest BCUT2D eigenvalue weighted by molar-refractivity contribution is 6.30. The maximum Gasteiger partial charge on any atom is 0.258 e. The summed E-state index contributed by atoms with van der Waals surface area (Å²) in [5.41, 5.74) is 0.449. The van der Waals surface area contributed by atoms with Crippen LogP contribution >= 0.6 is 11.6 Å². The highest BCUT2D eigenvalue weighted by Gasteiger charge is 2.15. The number of carbonyl (C=O) groups excluding carboxylic acids is 2. The summed E-state index contributed by atoms with van der Waals surface area (Å²) in [6.07, 6.45) is 0. The van der Waals surface area contributed by atoms with Crippen molar-refractivity contribution in [3.8, 4) is 0 Å². The van der Waals surface area contributed by atoms with E-state index < -0.39 is 11.7 Å². The molecule has 0 aliphatic heterocycles. The summed E-state index contributed by atoms with van der Waals surface area (Å²) in [5, 5.41) is 5.19. The molecule has 0 aliphatic rings. The lowest BCUT2D eigenvalue weighted by Gasteiger charge is -2.10. The fraction of sp³-hybridized carbons (Fsp3) is 0.0667. The van der Waals surface area contributed by atoms with E-state index in [0.29, 0.717) is 11.3 Å². The zero-order chi connectivity index (χ0) is 15.4. The van der Waals surface area contributed by atoms with Gasteiger partial charge >= 0.3 is 0 Å². The van der Waals surface area contributed by atoms with Crippen LogP contribution in [0, 0.1) is 5.82 Å². The van der Waals surface area contributed by atoms with Crippen molar-refractivity contribution in [3.05, 3.63) is 64.4 Å². The van der Waals surface area contributed by atoms with E-state index in [9.17, 15) is 14.0 Å². The molecule has 0 aliphatic carbocycles. The molecule has 2 aromatic rings. The Labute approximate surface area is 125 Å². The van der Waals surface area contributed by atoms with Crippen molar-refractivity contribution >= 4 is 29.1 Å². The highest BCUT2D eigenvalue weighted by atomic mass is 35.5. The highest BCUT2D eigenvalue weighted by Crippen LogP contribution is 2.19. The van der Waals surface area contributed by atoms with Crippen LogP contribution in [0.2, 0.25) is 5.02 Å². The maximum absolute atomic E-state index is 13.7. The first-order valence-corrected chi connectivity index (χ1v) is 6.48. The molecule has 6 heteroatoms. The standard InChI is InChI=1S/C15H12ClFN2O2/c1-18-14(20)11-4-2-3-5-13(11)19-15(21)10-7-6-9(16)8-12(10)17/h2-8H,1H3,(H,18,20)(H,19,21). The Balaban J connectivity index is 2.30. The summed E-state index contributed by atoms with van der Waals surface area (Å²) < 4.78 is 13.7. The fourth-order valence-electron chi connectivity index (χ4n) is 1.79. The number of anilines is 1. The molecule has 0 saturated carbocycles. The Morgan fingerprint density at radius 3 is 2.43 bits per heavy atom. The van der Waals surface area contributed by atoms with Gasteiger partial charge in [-0.25, -0.2) is 4.39 Å². The lowest BCUT2D eigenvalue weighted by Crippen LogP contribution is -2.21. The molecule has 0 unspecified atom stereocenters. The predicted molar refractivity (Wildman–Crippen MR) is 79.2 cm³/mol. The molecule has 0 radical (unpaired) electrons. The average molecular weight is 307 g/mol. The van der Waals surface area contributed by atoms with Crippen LogP contribution in [-0.4, -0.2) is 18.9 Å². The monoisotopic (exact) mass is 306 g/mol. The number of benzene rings is 2. The molecule has 0 bridgehead atoms. The third kappa shape index (κ3) is 3.38. The largest absolute Gasteiger partial charge is 0.355 e. The quantitative estimate of drug-likeness (QED) is 0.915. The van der Waals surface area contributed by atoms with Crippen LogP contribution in [0.25, 0.3) is 0 Å². The Bertz CT molecular complexity index is 704. The summed E-state index contributed by atoms with van der Waals surface area (Å²) >= 11 is 5.64. The number of hydrogen-bond donors (Lipinski definition) is 2. The smallest absolute Gasteiger partial charge is 0.258 e. The molecule has 0 fully saturated rings. The molecule has 2 aromatic carbocycles. The van der Waals surface area contributed by atoms with Gasteiger partial charge in [0.25, 0.3) is 11.8 Å². The molecule has 0 heterocycles. The van der Waals surface area contributed by atoms with Gasteiger partial charge in [-0.1, -0.05) is 23.7 Å². The van der Waals surface area contributed by atoms with Gasteiger partial charge in [0, 0.05) is 12.1 Å². The number of rotatable bonds is 3. The SMILES string of the molecule is CNC(=O)c1ccccc1NC(=O)c1ccc(Cl)cc1F. The van der Waals surface area contributed by atoms with Crippen molar-refractivity contribution in [2.75, 3.05) is 12.4 Å². The first-order chi connectivity index (χ1) is 10.0. The van der Waals surface area contributed by atoms with Crippen molar-refractivity contribution in [1.29, 1.82) is 0 Å². The molecule has 21 heavy (non-hydrogen) atoms. The number of hydrogen-bond acceptors (Lipinski definition) is 2. The Morgan fingerprint density at radius 2 is 1.76 bits per heavy atom. The van der Waals surface area contributed by atoms with E-state index in [1.54, 1.807) is 24.3 Å². The molecule has 0 aromatic heterocycles. The third-order valence-corrected chi connectivity index (χ3v) is 3.06. The predicted octanol–water partition coefficient (Wildman–Crippen LogP) is 3.09. The van der Waals surface area contributed by atoms with Gasteiger partial charge < -0.3 is 10.6 Å². The second-order valence-corrected chi connectivity index (χ2v) is 4.64. The summed E-state index contributed by atoms with van der Waals surface area (Å²) in [6.45, 7) is 0. The summed E-state index contributed by atoms with van der Waals surface area (Å²) in [4.78, 5) is 23.8. The van der Waals surface area contributed by atoms with E-state index >= 15 is 0 Å². The van der Waals surface area contributed by atoms with Crippen molar-refractivity contribution in [1.82, 2.24) is 5.32 Å². The van der Waals surface area contributed by atoms with Crippen molar-refractivity contribution in [2.24, 2.45) is 0 Å². The number of nitrogens with one attached hydrogen (secondary N) is 2. The van der Waals surface area contributed by atoms with Crippen molar-refractivity contribution in [2.45, 2.75) is 0 Å². The van der Waals surface area contributed by atoms with Crippen LogP contribution in [0.15, 0.2) is 42.5 Å².